The highest BCUT2D eigenvalue weighted by Gasteiger charge is 2.21. The normalized spacial score (nSPS) is 10.0. The smallest absolute Gasteiger partial charge is 0.234 e. The van der Waals surface area contributed by atoms with Gasteiger partial charge in [-0.2, -0.15) is 0 Å². The predicted octanol–water partition coefficient (Wildman–Crippen LogP) is 3.53. The summed E-state index contributed by atoms with van der Waals surface area (Å²) in [6.45, 7) is 0. The molecular weight excluding hydrogens is 336 g/mol. The maximum absolute atomic E-state index is 12.3. The lowest BCUT2D eigenvalue weighted by molar-refractivity contribution is 0.0816. The molecule has 0 aliphatic carbocycles. The lowest BCUT2D eigenvalue weighted by Gasteiger charge is -2.09. The molecule has 0 atom stereocenters. The highest BCUT2D eigenvalue weighted by Crippen LogP contribution is 2.28. The number of halogens is 1. The molecule has 0 spiro atoms. The minimum absolute atomic E-state index is 0.258. The Morgan fingerprint density at radius 3 is 2.19 bits per heavy atom. The van der Waals surface area contributed by atoms with E-state index < -0.39 is 11.6 Å². The number of ketones is 2. The fourth-order valence-electron chi connectivity index (χ4n) is 1.88. The first-order valence-corrected chi connectivity index (χ1v) is 6.93. The van der Waals surface area contributed by atoms with Crippen LogP contribution in [0.3, 0.4) is 0 Å². The van der Waals surface area contributed by atoms with Gasteiger partial charge in [0.25, 0.3) is 0 Å². The number of hydrogen-bond acceptors (Lipinski definition) is 4. The number of benzene rings is 2. The van der Waals surface area contributed by atoms with Gasteiger partial charge in [-0.1, -0.05) is 28.1 Å². The molecule has 0 aliphatic rings. The lowest BCUT2D eigenvalue weighted by Crippen LogP contribution is -2.15. The molecule has 0 bridgehead atoms. The van der Waals surface area contributed by atoms with Gasteiger partial charge in [0.2, 0.25) is 11.6 Å². The van der Waals surface area contributed by atoms with Gasteiger partial charge in [0, 0.05) is 15.6 Å². The zero-order valence-electron chi connectivity index (χ0n) is 11.6. The first kappa shape index (κ1) is 15.3. The first-order chi connectivity index (χ1) is 10.1. The van der Waals surface area contributed by atoms with Gasteiger partial charge >= 0.3 is 0 Å². The van der Waals surface area contributed by atoms with Crippen molar-refractivity contribution in [2.45, 2.75) is 0 Å². The summed E-state index contributed by atoms with van der Waals surface area (Å²) in [5.41, 5.74) is 0.589. The maximum atomic E-state index is 12.3. The highest BCUT2D eigenvalue weighted by molar-refractivity contribution is 9.10. The second-order valence-corrected chi connectivity index (χ2v) is 5.06. The number of hydrogen-bond donors (Lipinski definition) is 0. The van der Waals surface area contributed by atoms with Crippen molar-refractivity contribution in [1.82, 2.24) is 0 Å². The number of carbonyl (C=O) groups is 2. The molecule has 0 saturated carbocycles. The van der Waals surface area contributed by atoms with Crippen LogP contribution in [0.1, 0.15) is 20.7 Å². The molecule has 0 amide bonds. The number of methoxy groups -OCH3 is 2. The van der Waals surface area contributed by atoms with E-state index in [9.17, 15) is 9.59 Å². The van der Waals surface area contributed by atoms with E-state index in [2.05, 4.69) is 15.9 Å². The maximum Gasteiger partial charge on any atom is 0.234 e. The van der Waals surface area contributed by atoms with Crippen LogP contribution in [0.25, 0.3) is 0 Å². The van der Waals surface area contributed by atoms with E-state index in [1.165, 1.54) is 20.3 Å². The van der Waals surface area contributed by atoms with Gasteiger partial charge in [-0.15, -0.1) is 0 Å². The topological polar surface area (TPSA) is 52.6 Å². The zero-order valence-corrected chi connectivity index (χ0v) is 13.1. The van der Waals surface area contributed by atoms with Crippen LogP contribution in [-0.2, 0) is 0 Å². The molecule has 0 saturated heterocycles. The minimum atomic E-state index is -0.595. The standard InChI is InChI=1S/C16H13BrO4/c1-20-13-8-7-10(9-14(13)21-2)15(18)16(19)11-5-3-4-6-12(11)17/h3-9H,1-2H3. The summed E-state index contributed by atoms with van der Waals surface area (Å²) in [4.78, 5) is 24.6. The minimum Gasteiger partial charge on any atom is -0.493 e. The molecule has 0 aromatic heterocycles. The van der Waals surface area contributed by atoms with Gasteiger partial charge in [-0.05, 0) is 30.3 Å². The molecule has 0 N–H and O–H groups in total. The Bertz CT molecular complexity index is 694. The van der Waals surface area contributed by atoms with Crippen LogP contribution in [0.15, 0.2) is 46.9 Å². The Hall–Kier alpha value is -2.14. The fourth-order valence-corrected chi connectivity index (χ4v) is 2.34. The van der Waals surface area contributed by atoms with E-state index in [1.807, 2.05) is 0 Å². The third-order valence-corrected chi connectivity index (χ3v) is 3.66. The molecule has 108 valence electrons. The molecule has 0 fully saturated rings. The Morgan fingerprint density at radius 1 is 0.905 bits per heavy atom. The van der Waals surface area contributed by atoms with Crippen molar-refractivity contribution in [1.29, 1.82) is 0 Å². The number of carbonyl (C=O) groups excluding carboxylic acids is 2. The summed E-state index contributed by atoms with van der Waals surface area (Å²) in [5.74, 6) is -0.261. The third kappa shape index (κ3) is 3.13. The molecule has 2 rings (SSSR count). The third-order valence-electron chi connectivity index (χ3n) is 2.97. The van der Waals surface area contributed by atoms with Crippen LogP contribution in [0, 0.1) is 0 Å². The zero-order chi connectivity index (χ0) is 15.4. The van der Waals surface area contributed by atoms with Gasteiger partial charge in [0.05, 0.1) is 14.2 Å². The fraction of sp³-hybridized carbons (Fsp3) is 0.125. The van der Waals surface area contributed by atoms with Gasteiger partial charge in [-0.25, -0.2) is 0 Å². The van der Waals surface area contributed by atoms with Crippen molar-refractivity contribution in [2.24, 2.45) is 0 Å². The van der Waals surface area contributed by atoms with E-state index in [1.54, 1.807) is 36.4 Å². The Morgan fingerprint density at radius 2 is 1.57 bits per heavy atom. The van der Waals surface area contributed by atoms with E-state index in [4.69, 9.17) is 9.47 Å². The van der Waals surface area contributed by atoms with Crippen molar-refractivity contribution in [2.75, 3.05) is 14.2 Å². The molecule has 4 nitrogen and oxygen atoms in total. The number of ether oxygens (including phenoxy) is 2. The van der Waals surface area contributed by atoms with Gasteiger partial charge in [0.1, 0.15) is 0 Å². The monoisotopic (exact) mass is 348 g/mol. The average molecular weight is 349 g/mol. The van der Waals surface area contributed by atoms with Gasteiger partial charge < -0.3 is 9.47 Å². The molecule has 0 heterocycles. The van der Waals surface area contributed by atoms with E-state index in [-0.39, 0.29) is 5.56 Å². The van der Waals surface area contributed by atoms with Gasteiger partial charge in [-0.3, -0.25) is 9.59 Å². The van der Waals surface area contributed by atoms with Crippen molar-refractivity contribution < 1.29 is 19.1 Å². The Balaban J connectivity index is 2.36. The Kier molecular flexibility index (Phi) is 4.75. The molecule has 21 heavy (non-hydrogen) atoms. The van der Waals surface area contributed by atoms with Crippen LogP contribution in [0.4, 0.5) is 0 Å². The second-order valence-electron chi connectivity index (χ2n) is 4.21. The molecular formula is C16H13BrO4. The SMILES string of the molecule is COc1ccc(C(=O)C(=O)c2ccccc2Br)cc1OC. The first-order valence-electron chi connectivity index (χ1n) is 6.14. The summed E-state index contributed by atoms with van der Waals surface area (Å²) in [7, 11) is 2.98. The van der Waals surface area contributed by atoms with Crippen molar-refractivity contribution in [3.8, 4) is 11.5 Å². The van der Waals surface area contributed by atoms with Crippen LogP contribution >= 0.6 is 15.9 Å². The number of Topliss-reactive ketones (excluding diaryl/α,β-unsaturated/α-hetero) is 2. The summed E-state index contributed by atoms with van der Waals surface area (Å²) in [5, 5.41) is 0. The van der Waals surface area contributed by atoms with Crippen LogP contribution < -0.4 is 9.47 Å². The summed E-state index contributed by atoms with van der Waals surface area (Å²) < 4.78 is 10.8. The molecule has 2 aromatic rings. The molecule has 2 aromatic carbocycles. The lowest BCUT2D eigenvalue weighted by atomic mass is 10.0. The van der Waals surface area contributed by atoms with Crippen molar-refractivity contribution in [3.63, 3.8) is 0 Å². The molecule has 0 aliphatic heterocycles. The second kappa shape index (κ2) is 6.54. The van der Waals surface area contributed by atoms with Crippen LogP contribution in [0.2, 0.25) is 0 Å². The quantitative estimate of drug-likeness (QED) is 0.612. The van der Waals surface area contributed by atoms with Crippen molar-refractivity contribution >= 4 is 27.5 Å². The summed E-state index contributed by atoms with van der Waals surface area (Å²) in [6.07, 6.45) is 0. The predicted molar refractivity (Wildman–Crippen MR) is 82.3 cm³/mol. The van der Waals surface area contributed by atoms with Crippen molar-refractivity contribution in [3.05, 3.63) is 58.1 Å². The van der Waals surface area contributed by atoms with E-state index in [0.717, 1.165) is 0 Å². The highest BCUT2D eigenvalue weighted by atomic mass is 79.9. The number of rotatable bonds is 5. The van der Waals surface area contributed by atoms with E-state index >= 15 is 0 Å². The van der Waals surface area contributed by atoms with Crippen LogP contribution in [-0.4, -0.2) is 25.8 Å². The van der Waals surface area contributed by atoms with Gasteiger partial charge in [0.15, 0.2) is 11.5 Å². The largest absolute Gasteiger partial charge is 0.493 e. The summed E-state index contributed by atoms with van der Waals surface area (Å²) in [6, 6.07) is 11.4. The summed E-state index contributed by atoms with van der Waals surface area (Å²) >= 11 is 3.27. The molecule has 0 unspecified atom stereocenters. The molecule has 5 heteroatoms. The molecule has 0 radical (unpaired) electrons. The average Bonchev–Trinajstić information content (AvgIpc) is 2.53. The van der Waals surface area contributed by atoms with E-state index in [0.29, 0.717) is 21.5 Å². The Labute approximate surface area is 130 Å². The van der Waals surface area contributed by atoms with Crippen LogP contribution in [0.5, 0.6) is 11.5 Å².